The highest BCUT2D eigenvalue weighted by Crippen LogP contribution is 2.32. The standard InChI is InChI=1S/C17H19FO2/c1-11(2)13-8-7-12(3)16(9-13)20-17-14(10-19)5-4-6-15(17)18/h4-9,11,19H,10H2,1-3H3. The molecule has 0 spiro atoms. The number of benzene rings is 2. The highest BCUT2D eigenvalue weighted by molar-refractivity contribution is 5.43. The molecular weight excluding hydrogens is 255 g/mol. The van der Waals surface area contributed by atoms with E-state index in [1.165, 1.54) is 6.07 Å². The first-order valence-corrected chi connectivity index (χ1v) is 6.69. The van der Waals surface area contributed by atoms with Crippen molar-refractivity contribution in [3.63, 3.8) is 0 Å². The third-order valence-corrected chi connectivity index (χ3v) is 3.31. The van der Waals surface area contributed by atoms with E-state index in [0.717, 1.165) is 11.1 Å². The van der Waals surface area contributed by atoms with Gasteiger partial charge in [-0.3, -0.25) is 0 Å². The predicted octanol–water partition coefficient (Wildman–Crippen LogP) is 4.54. The van der Waals surface area contributed by atoms with E-state index < -0.39 is 5.82 Å². The Hall–Kier alpha value is -1.87. The summed E-state index contributed by atoms with van der Waals surface area (Å²) >= 11 is 0. The van der Waals surface area contributed by atoms with Crippen LogP contribution < -0.4 is 4.74 Å². The van der Waals surface area contributed by atoms with Crippen LogP contribution in [-0.4, -0.2) is 5.11 Å². The maximum Gasteiger partial charge on any atom is 0.168 e. The van der Waals surface area contributed by atoms with Gasteiger partial charge in [0, 0.05) is 5.56 Å². The topological polar surface area (TPSA) is 29.5 Å². The Morgan fingerprint density at radius 2 is 1.95 bits per heavy atom. The van der Waals surface area contributed by atoms with Gasteiger partial charge in [0.2, 0.25) is 0 Å². The summed E-state index contributed by atoms with van der Waals surface area (Å²) in [6, 6.07) is 10.5. The molecule has 0 heterocycles. The van der Waals surface area contributed by atoms with Crippen molar-refractivity contribution in [2.45, 2.75) is 33.3 Å². The molecule has 0 bridgehead atoms. The summed E-state index contributed by atoms with van der Waals surface area (Å²) in [5, 5.41) is 9.29. The molecule has 0 unspecified atom stereocenters. The first kappa shape index (κ1) is 14.5. The highest BCUT2D eigenvalue weighted by Gasteiger charge is 2.12. The fourth-order valence-corrected chi connectivity index (χ4v) is 1.99. The number of aliphatic hydroxyl groups excluding tert-OH is 1. The normalized spacial score (nSPS) is 10.9. The van der Waals surface area contributed by atoms with Crippen LogP contribution in [0.3, 0.4) is 0 Å². The first-order valence-electron chi connectivity index (χ1n) is 6.69. The Morgan fingerprint density at radius 3 is 2.60 bits per heavy atom. The van der Waals surface area contributed by atoms with Gasteiger partial charge in [-0.1, -0.05) is 38.1 Å². The van der Waals surface area contributed by atoms with Gasteiger partial charge in [0.25, 0.3) is 0 Å². The van der Waals surface area contributed by atoms with Crippen LogP contribution in [0.15, 0.2) is 36.4 Å². The molecule has 3 heteroatoms. The molecule has 0 saturated heterocycles. The maximum atomic E-state index is 13.9. The molecule has 106 valence electrons. The van der Waals surface area contributed by atoms with Crippen LogP contribution in [0.4, 0.5) is 4.39 Å². The second kappa shape index (κ2) is 6.06. The Balaban J connectivity index is 2.42. The predicted molar refractivity (Wildman–Crippen MR) is 77.7 cm³/mol. The van der Waals surface area contributed by atoms with Crippen LogP contribution in [0, 0.1) is 12.7 Å². The number of halogens is 1. The minimum absolute atomic E-state index is 0.0963. The quantitative estimate of drug-likeness (QED) is 0.886. The smallest absolute Gasteiger partial charge is 0.168 e. The summed E-state index contributed by atoms with van der Waals surface area (Å²) in [6.45, 7) is 5.85. The molecule has 0 atom stereocenters. The van der Waals surface area contributed by atoms with Crippen molar-refractivity contribution >= 4 is 0 Å². The molecule has 2 aromatic rings. The van der Waals surface area contributed by atoms with Crippen molar-refractivity contribution in [1.29, 1.82) is 0 Å². The molecule has 2 aromatic carbocycles. The molecule has 2 nitrogen and oxygen atoms in total. The van der Waals surface area contributed by atoms with E-state index >= 15 is 0 Å². The molecule has 0 fully saturated rings. The molecular formula is C17H19FO2. The van der Waals surface area contributed by atoms with Crippen LogP contribution in [0.25, 0.3) is 0 Å². The second-order valence-corrected chi connectivity index (χ2v) is 5.17. The molecule has 0 aliphatic carbocycles. The van der Waals surface area contributed by atoms with E-state index in [2.05, 4.69) is 13.8 Å². The van der Waals surface area contributed by atoms with E-state index in [-0.39, 0.29) is 12.4 Å². The molecule has 0 saturated carbocycles. The Bertz CT molecular complexity index is 606. The van der Waals surface area contributed by atoms with Gasteiger partial charge >= 0.3 is 0 Å². The fourth-order valence-electron chi connectivity index (χ4n) is 1.99. The van der Waals surface area contributed by atoms with Crippen LogP contribution in [0.1, 0.15) is 36.5 Å². The summed E-state index contributed by atoms with van der Waals surface area (Å²) in [7, 11) is 0. The van der Waals surface area contributed by atoms with Gasteiger partial charge in [0.15, 0.2) is 11.6 Å². The van der Waals surface area contributed by atoms with Crippen molar-refractivity contribution in [1.82, 2.24) is 0 Å². The van der Waals surface area contributed by atoms with E-state index in [1.807, 2.05) is 25.1 Å². The van der Waals surface area contributed by atoms with E-state index in [1.54, 1.807) is 12.1 Å². The first-order chi connectivity index (χ1) is 9.52. The van der Waals surface area contributed by atoms with Crippen molar-refractivity contribution < 1.29 is 14.2 Å². The minimum atomic E-state index is -0.467. The van der Waals surface area contributed by atoms with Gasteiger partial charge in [-0.05, 0) is 36.1 Å². The average molecular weight is 274 g/mol. The zero-order valence-electron chi connectivity index (χ0n) is 12.0. The molecule has 1 N–H and O–H groups in total. The van der Waals surface area contributed by atoms with Gasteiger partial charge in [-0.25, -0.2) is 4.39 Å². The molecule has 20 heavy (non-hydrogen) atoms. The zero-order valence-corrected chi connectivity index (χ0v) is 12.0. The minimum Gasteiger partial charge on any atom is -0.454 e. The van der Waals surface area contributed by atoms with Crippen molar-refractivity contribution in [2.75, 3.05) is 0 Å². The number of para-hydroxylation sites is 1. The number of hydrogen-bond acceptors (Lipinski definition) is 2. The van der Waals surface area contributed by atoms with Crippen LogP contribution >= 0.6 is 0 Å². The Labute approximate surface area is 118 Å². The van der Waals surface area contributed by atoms with Crippen molar-refractivity contribution in [2.24, 2.45) is 0 Å². The van der Waals surface area contributed by atoms with Gasteiger partial charge in [-0.2, -0.15) is 0 Å². The van der Waals surface area contributed by atoms with Crippen molar-refractivity contribution in [3.8, 4) is 11.5 Å². The third-order valence-electron chi connectivity index (χ3n) is 3.31. The lowest BCUT2D eigenvalue weighted by Crippen LogP contribution is -1.97. The molecule has 2 rings (SSSR count). The molecule has 0 aromatic heterocycles. The second-order valence-electron chi connectivity index (χ2n) is 5.17. The van der Waals surface area contributed by atoms with Crippen LogP contribution in [0.5, 0.6) is 11.5 Å². The van der Waals surface area contributed by atoms with Crippen LogP contribution in [-0.2, 0) is 6.61 Å². The summed E-state index contributed by atoms with van der Waals surface area (Å²) in [6.07, 6.45) is 0. The van der Waals surface area contributed by atoms with Gasteiger partial charge in [-0.15, -0.1) is 0 Å². The third kappa shape index (κ3) is 2.99. The molecule has 0 radical (unpaired) electrons. The maximum absolute atomic E-state index is 13.9. The lowest BCUT2D eigenvalue weighted by Gasteiger charge is -2.15. The number of rotatable bonds is 4. The molecule has 0 aliphatic heterocycles. The number of aryl methyl sites for hydroxylation is 1. The molecule has 0 aliphatic rings. The number of hydrogen-bond donors (Lipinski definition) is 1. The van der Waals surface area contributed by atoms with Crippen molar-refractivity contribution in [3.05, 3.63) is 58.9 Å². The Kier molecular flexibility index (Phi) is 4.40. The SMILES string of the molecule is Cc1ccc(C(C)C)cc1Oc1c(F)cccc1CO. The van der Waals surface area contributed by atoms with E-state index in [9.17, 15) is 9.50 Å². The van der Waals surface area contributed by atoms with E-state index in [4.69, 9.17) is 4.74 Å². The Morgan fingerprint density at radius 1 is 1.20 bits per heavy atom. The lowest BCUT2D eigenvalue weighted by atomic mass is 10.0. The summed E-state index contributed by atoms with van der Waals surface area (Å²) in [4.78, 5) is 0. The highest BCUT2D eigenvalue weighted by atomic mass is 19.1. The van der Waals surface area contributed by atoms with Crippen LogP contribution in [0.2, 0.25) is 0 Å². The summed E-state index contributed by atoms with van der Waals surface area (Å²) < 4.78 is 19.6. The lowest BCUT2D eigenvalue weighted by molar-refractivity contribution is 0.274. The summed E-state index contributed by atoms with van der Waals surface area (Å²) in [5.74, 6) is 0.622. The fraction of sp³-hybridized carbons (Fsp3) is 0.294. The van der Waals surface area contributed by atoms with Gasteiger partial charge in [0.05, 0.1) is 6.61 Å². The molecule has 0 amide bonds. The average Bonchev–Trinajstić information content (AvgIpc) is 2.42. The monoisotopic (exact) mass is 274 g/mol. The van der Waals surface area contributed by atoms with Gasteiger partial charge in [0.1, 0.15) is 5.75 Å². The number of aliphatic hydroxyl groups is 1. The zero-order chi connectivity index (χ0) is 14.7. The van der Waals surface area contributed by atoms with Gasteiger partial charge < -0.3 is 9.84 Å². The van der Waals surface area contributed by atoms with E-state index in [0.29, 0.717) is 17.2 Å². The largest absolute Gasteiger partial charge is 0.454 e. The summed E-state index contributed by atoms with van der Waals surface area (Å²) in [5.41, 5.74) is 2.51. The number of ether oxygens (including phenoxy) is 1.